The van der Waals surface area contributed by atoms with E-state index in [2.05, 4.69) is 36.3 Å². The maximum absolute atomic E-state index is 12.9. The van der Waals surface area contributed by atoms with Crippen LogP contribution in [0.3, 0.4) is 0 Å². The molecular weight excluding hydrogens is 209 g/mol. The fraction of sp³-hybridized carbons (Fsp3) is 0.273. The normalized spacial score (nSPS) is 10.4. The van der Waals surface area contributed by atoms with E-state index in [4.69, 9.17) is 0 Å². The van der Waals surface area contributed by atoms with E-state index in [9.17, 15) is 9.30 Å². The number of halogens is 1. The quantitative estimate of drug-likeness (QED) is 0.405. The van der Waals surface area contributed by atoms with E-state index in [1.807, 2.05) is 0 Å². The smallest absolute Gasteiger partial charge is 0.152 e. The van der Waals surface area contributed by atoms with E-state index >= 15 is 0 Å². The second-order valence-electron chi connectivity index (χ2n) is 4.26. The third-order valence-electron chi connectivity index (χ3n) is 1.63. The van der Waals surface area contributed by atoms with Crippen LogP contribution in [0.15, 0.2) is 23.4 Å². The minimum absolute atomic E-state index is 0.183. The van der Waals surface area contributed by atoms with Crippen molar-refractivity contribution in [1.82, 2.24) is 0 Å². The Kier molecular flexibility index (Phi) is 3.38. The molecule has 0 spiro atoms. The predicted octanol–water partition coefficient (Wildman–Crippen LogP) is 3.45. The van der Waals surface area contributed by atoms with Gasteiger partial charge in [-0.2, -0.15) is 0 Å². The van der Waals surface area contributed by atoms with Gasteiger partial charge in [-0.25, -0.2) is 4.39 Å². The number of nitrogens with zero attached hydrogens (tertiary/aromatic N) is 1. The molecule has 0 atom stereocenters. The highest BCUT2D eigenvalue weighted by atomic mass is 28.3. The summed E-state index contributed by atoms with van der Waals surface area (Å²) in [4.78, 5) is 10.3. The van der Waals surface area contributed by atoms with Crippen molar-refractivity contribution in [3.05, 3.63) is 34.5 Å². The van der Waals surface area contributed by atoms with Crippen LogP contribution < -0.4 is 0 Å². The Morgan fingerprint density at radius 1 is 1.33 bits per heavy atom. The number of hydrogen-bond donors (Lipinski definition) is 0. The first-order valence-electron chi connectivity index (χ1n) is 4.58. The van der Waals surface area contributed by atoms with Crippen LogP contribution in [0.2, 0.25) is 19.6 Å². The molecule has 0 radical (unpaired) electrons. The Balaban J connectivity index is 3.06. The summed E-state index contributed by atoms with van der Waals surface area (Å²) >= 11 is 0. The van der Waals surface area contributed by atoms with Gasteiger partial charge in [-0.05, 0) is 23.4 Å². The van der Waals surface area contributed by atoms with Gasteiger partial charge in [0.25, 0.3) is 0 Å². The molecule has 2 nitrogen and oxygen atoms in total. The average Bonchev–Trinajstić information content (AvgIpc) is 2.15. The highest BCUT2D eigenvalue weighted by Gasteiger charge is 2.08. The second-order valence-corrected chi connectivity index (χ2v) is 9.01. The summed E-state index contributed by atoms with van der Waals surface area (Å²) in [5.74, 6) is 2.32. The first-order chi connectivity index (χ1) is 6.92. The van der Waals surface area contributed by atoms with E-state index in [0.717, 1.165) is 0 Å². The second kappa shape index (κ2) is 4.37. The molecule has 1 rings (SSSR count). The van der Waals surface area contributed by atoms with Crippen LogP contribution in [-0.4, -0.2) is 8.07 Å². The van der Waals surface area contributed by atoms with Crippen LogP contribution >= 0.6 is 0 Å². The van der Waals surface area contributed by atoms with Crippen molar-refractivity contribution < 1.29 is 4.39 Å². The fourth-order valence-electron chi connectivity index (χ4n) is 0.920. The zero-order valence-corrected chi connectivity index (χ0v) is 9.97. The van der Waals surface area contributed by atoms with Crippen LogP contribution in [0.25, 0.3) is 0 Å². The van der Waals surface area contributed by atoms with Crippen LogP contribution in [0.5, 0.6) is 0 Å². The van der Waals surface area contributed by atoms with Gasteiger partial charge in [-0.15, -0.1) is 10.5 Å². The molecule has 0 saturated carbocycles. The van der Waals surface area contributed by atoms with Crippen LogP contribution in [0.4, 0.5) is 10.1 Å². The van der Waals surface area contributed by atoms with Gasteiger partial charge in [0.05, 0.1) is 0 Å². The van der Waals surface area contributed by atoms with Crippen molar-refractivity contribution >= 4 is 13.8 Å². The van der Waals surface area contributed by atoms with Gasteiger partial charge in [0.2, 0.25) is 0 Å². The largest absolute Gasteiger partial charge is 0.204 e. The minimum atomic E-state index is -1.44. The summed E-state index contributed by atoms with van der Waals surface area (Å²) in [6, 6.07) is 4.14. The average molecular weight is 221 g/mol. The molecule has 0 amide bonds. The number of benzene rings is 1. The van der Waals surface area contributed by atoms with Crippen molar-refractivity contribution in [2.24, 2.45) is 5.18 Å². The van der Waals surface area contributed by atoms with Crippen molar-refractivity contribution in [2.75, 3.05) is 0 Å². The minimum Gasteiger partial charge on any atom is -0.204 e. The molecule has 15 heavy (non-hydrogen) atoms. The predicted molar refractivity (Wildman–Crippen MR) is 62.1 cm³/mol. The first-order valence-corrected chi connectivity index (χ1v) is 8.08. The summed E-state index contributed by atoms with van der Waals surface area (Å²) in [5, 5.41) is 2.59. The Morgan fingerprint density at radius 2 is 2.00 bits per heavy atom. The summed E-state index contributed by atoms with van der Waals surface area (Å²) in [6.45, 7) is 6.34. The molecule has 1 aromatic carbocycles. The monoisotopic (exact) mass is 221 g/mol. The lowest BCUT2D eigenvalue weighted by Crippen LogP contribution is -2.16. The van der Waals surface area contributed by atoms with Gasteiger partial charge in [0.15, 0.2) is 5.82 Å². The third-order valence-corrected chi connectivity index (χ3v) is 2.50. The molecule has 0 N–H and O–H groups in total. The molecule has 0 aliphatic rings. The molecule has 0 unspecified atom stereocenters. The van der Waals surface area contributed by atoms with Gasteiger partial charge in [0, 0.05) is 5.56 Å². The molecule has 1 aromatic rings. The van der Waals surface area contributed by atoms with Crippen LogP contribution in [-0.2, 0) is 0 Å². The Morgan fingerprint density at radius 3 is 2.53 bits per heavy atom. The molecule has 0 bridgehead atoms. The number of rotatable bonds is 1. The molecule has 0 aliphatic heterocycles. The molecule has 0 fully saturated rings. The molecule has 0 aliphatic carbocycles. The van der Waals surface area contributed by atoms with E-state index in [1.54, 1.807) is 6.07 Å². The highest BCUT2D eigenvalue weighted by molar-refractivity contribution is 6.83. The molecule has 4 heteroatoms. The zero-order valence-electron chi connectivity index (χ0n) is 8.97. The molecular formula is C11H12FNOSi. The van der Waals surface area contributed by atoms with E-state index < -0.39 is 13.9 Å². The Labute approximate surface area is 89.5 Å². The van der Waals surface area contributed by atoms with Gasteiger partial charge in [-0.3, -0.25) is 0 Å². The van der Waals surface area contributed by atoms with E-state index in [-0.39, 0.29) is 5.69 Å². The molecule has 0 saturated heterocycles. The van der Waals surface area contributed by atoms with Crippen molar-refractivity contribution in [3.8, 4) is 11.5 Å². The summed E-state index contributed by atoms with van der Waals surface area (Å²) < 4.78 is 12.9. The van der Waals surface area contributed by atoms with Gasteiger partial charge >= 0.3 is 0 Å². The van der Waals surface area contributed by atoms with Gasteiger partial charge < -0.3 is 0 Å². The third kappa shape index (κ3) is 3.64. The zero-order chi connectivity index (χ0) is 11.5. The maximum Gasteiger partial charge on any atom is 0.152 e. The standard InChI is InChI=1S/C11H12FNOSi/c1-15(2,3)7-6-9-4-5-10(12)11(8-9)13-14/h4-5,8H,1-3H3. The SMILES string of the molecule is C[Si](C)(C)C#Cc1ccc(F)c(N=O)c1. The molecule has 78 valence electrons. The van der Waals surface area contributed by atoms with E-state index in [0.29, 0.717) is 5.56 Å². The Hall–Kier alpha value is -1.47. The Bertz CT molecular complexity index is 440. The summed E-state index contributed by atoms with van der Waals surface area (Å²) in [5.41, 5.74) is 3.58. The van der Waals surface area contributed by atoms with E-state index in [1.165, 1.54) is 12.1 Å². The van der Waals surface area contributed by atoms with Crippen molar-refractivity contribution in [3.63, 3.8) is 0 Å². The first kappa shape index (κ1) is 11.6. The molecule has 0 heterocycles. The van der Waals surface area contributed by atoms with Gasteiger partial charge in [-0.1, -0.05) is 25.6 Å². The lowest BCUT2D eigenvalue weighted by Gasteiger charge is -2.03. The van der Waals surface area contributed by atoms with Crippen LogP contribution in [0, 0.1) is 22.2 Å². The lowest BCUT2D eigenvalue weighted by molar-refractivity contribution is 0.629. The van der Waals surface area contributed by atoms with Crippen molar-refractivity contribution in [1.29, 1.82) is 0 Å². The lowest BCUT2D eigenvalue weighted by atomic mass is 10.2. The number of nitroso groups, excluding NO2 is 1. The van der Waals surface area contributed by atoms with Crippen molar-refractivity contribution in [2.45, 2.75) is 19.6 Å². The highest BCUT2D eigenvalue weighted by Crippen LogP contribution is 2.18. The maximum atomic E-state index is 12.9. The van der Waals surface area contributed by atoms with Gasteiger partial charge in [0.1, 0.15) is 13.8 Å². The summed E-state index contributed by atoms with van der Waals surface area (Å²) in [7, 11) is -1.44. The van der Waals surface area contributed by atoms with Crippen LogP contribution in [0.1, 0.15) is 5.56 Å². The summed E-state index contributed by atoms with van der Waals surface area (Å²) in [6.07, 6.45) is 0. The number of hydrogen-bond acceptors (Lipinski definition) is 2. The molecule has 0 aromatic heterocycles. The fourth-order valence-corrected chi connectivity index (χ4v) is 1.44. The topological polar surface area (TPSA) is 29.4 Å².